The van der Waals surface area contributed by atoms with E-state index in [0.29, 0.717) is 5.92 Å². The van der Waals surface area contributed by atoms with Crippen LogP contribution in [0.2, 0.25) is 0 Å². The van der Waals surface area contributed by atoms with E-state index in [1.807, 2.05) is 6.07 Å². The number of imidazole rings is 1. The number of nitrogens with zero attached hydrogens (tertiary/aromatic N) is 2. The van der Waals surface area contributed by atoms with Gasteiger partial charge in [-0.3, -0.25) is 0 Å². The average molecular weight is 283 g/mol. The Morgan fingerprint density at radius 2 is 1.81 bits per heavy atom. The first-order valence-electron chi connectivity index (χ1n) is 7.83. The molecule has 1 saturated carbocycles. The fourth-order valence-electron chi connectivity index (χ4n) is 3.01. The fraction of sp³-hybridized carbons (Fsp3) is 0.500. The first kappa shape index (κ1) is 14.2. The van der Waals surface area contributed by atoms with Crippen LogP contribution in [0.4, 0.5) is 5.82 Å². The van der Waals surface area contributed by atoms with Crippen molar-refractivity contribution in [3.05, 3.63) is 47.4 Å². The van der Waals surface area contributed by atoms with Crippen molar-refractivity contribution in [2.45, 2.75) is 57.9 Å². The van der Waals surface area contributed by atoms with Gasteiger partial charge in [0, 0.05) is 17.4 Å². The third-order valence-electron chi connectivity index (χ3n) is 4.29. The lowest BCUT2D eigenvalue weighted by Gasteiger charge is -2.25. The largest absolute Gasteiger partial charge is 0.384 e. The van der Waals surface area contributed by atoms with Gasteiger partial charge in [0.25, 0.3) is 0 Å². The molecule has 1 unspecified atom stereocenters. The van der Waals surface area contributed by atoms with Gasteiger partial charge in [0.1, 0.15) is 11.6 Å². The Morgan fingerprint density at radius 1 is 1.19 bits per heavy atom. The second-order valence-electron chi connectivity index (χ2n) is 7.15. The van der Waals surface area contributed by atoms with Crippen molar-refractivity contribution in [3.8, 4) is 0 Å². The Hall–Kier alpha value is -1.77. The first-order chi connectivity index (χ1) is 9.89. The first-order valence-corrected chi connectivity index (χ1v) is 7.83. The summed E-state index contributed by atoms with van der Waals surface area (Å²) >= 11 is 0. The average Bonchev–Trinajstić information content (AvgIpc) is 3.21. The maximum Gasteiger partial charge on any atom is 0.127 e. The van der Waals surface area contributed by atoms with Crippen LogP contribution >= 0.6 is 0 Å². The maximum absolute atomic E-state index is 6.49. The minimum Gasteiger partial charge on any atom is -0.384 e. The van der Waals surface area contributed by atoms with E-state index in [9.17, 15) is 0 Å². The van der Waals surface area contributed by atoms with E-state index in [1.54, 1.807) is 0 Å². The highest BCUT2D eigenvalue weighted by Gasteiger charge is 2.35. The SMILES string of the molecule is CC(c1ccccc1)c1nc(C2CC2)n(C(C)(C)C)c1N. The van der Waals surface area contributed by atoms with E-state index >= 15 is 0 Å². The van der Waals surface area contributed by atoms with Crippen LogP contribution in [0.3, 0.4) is 0 Å². The van der Waals surface area contributed by atoms with Crippen molar-refractivity contribution in [2.75, 3.05) is 5.73 Å². The molecule has 1 heterocycles. The van der Waals surface area contributed by atoms with Gasteiger partial charge in [0.05, 0.1) is 5.69 Å². The van der Waals surface area contributed by atoms with Crippen LogP contribution in [0.25, 0.3) is 0 Å². The molecular weight excluding hydrogens is 258 g/mol. The molecule has 1 aliphatic carbocycles. The van der Waals surface area contributed by atoms with Crippen molar-refractivity contribution in [1.29, 1.82) is 0 Å². The Balaban J connectivity index is 2.08. The zero-order valence-electron chi connectivity index (χ0n) is 13.4. The van der Waals surface area contributed by atoms with Crippen molar-refractivity contribution in [1.82, 2.24) is 9.55 Å². The number of nitrogen functional groups attached to an aromatic ring is 1. The van der Waals surface area contributed by atoms with Crippen LogP contribution < -0.4 is 5.73 Å². The van der Waals surface area contributed by atoms with E-state index in [1.165, 1.54) is 24.2 Å². The smallest absolute Gasteiger partial charge is 0.127 e. The molecule has 2 N–H and O–H groups in total. The summed E-state index contributed by atoms with van der Waals surface area (Å²) < 4.78 is 2.25. The molecule has 3 nitrogen and oxygen atoms in total. The highest BCUT2D eigenvalue weighted by molar-refractivity contribution is 5.46. The van der Waals surface area contributed by atoms with Gasteiger partial charge in [-0.1, -0.05) is 37.3 Å². The molecular formula is C18H25N3. The predicted molar refractivity (Wildman–Crippen MR) is 87.6 cm³/mol. The van der Waals surface area contributed by atoms with Crippen LogP contribution in [0.5, 0.6) is 0 Å². The second kappa shape index (κ2) is 4.90. The molecule has 3 heteroatoms. The van der Waals surface area contributed by atoms with Gasteiger partial charge in [0.15, 0.2) is 0 Å². The highest BCUT2D eigenvalue weighted by atomic mass is 15.2. The van der Waals surface area contributed by atoms with E-state index in [4.69, 9.17) is 10.7 Å². The van der Waals surface area contributed by atoms with Crippen LogP contribution in [0.15, 0.2) is 30.3 Å². The van der Waals surface area contributed by atoms with Crippen LogP contribution in [-0.4, -0.2) is 9.55 Å². The van der Waals surface area contributed by atoms with E-state index < -0.39 is 0 Å². The number of rotatable bonds is 3. The van der Waals surface area contributed by atoms with Gasteiger partial charge >= 0.3 is 0 Å². The second-order valence-corrected chi connectivity index (χ2v) is 7.15. The number of nitrogens with two attached hydrogens (primary N) is 1. The number of anilines is 1. The van der Waals surface area contributed by atoms with Gasteiger partial charge in [0.2, 0.25) is 0 Å². The standard InChI is InChI=1S/C18H25N3/c1-12(13-8-6-5-7-9-13)15-16(19)21(18(2,3)4)17(20-15)14-10-11-14/h5-9,12,14H,10-11,19H2,1-4H3. The number of hydrogen-bond donors (Lipinski definition) is 1. The molecule has 1 fully saturated rings. The third kappa shape index (κ3) is 2.57. The molecule has 0 saturated heterocycles. The molecule has 1 aliphatic rings. The molecule has 0 aliphatic heterocycles. The molecule has 0 bridgehead atoms. The summed E-state index contributed by atoms with van der Waals surface area (Å²) in [6, 6.07) is 10.5. The van der Waals surface area contributed by atoms with E-state index in [-0.39, 0.29) is 11.5 Å². The van der Waals surface area contributed by atoms with Gasteiger partial charge in [-0.25, -0.2) is 4.98 Å². The third-order valence-corrected chi connectivity index (χ3v) is 4.29. The van der Waals surface area contributed by atoms with Crippen molar-refractivity contribution >= 4 is 5.82 Å². The quantitative estimate of drug-likeness (QED) is 0.915. The van der Waals surface area contributed by atoms with E-state index in [0.717, 1.165) is 11.5 Å². The maximum atomic E-state index is 6.49. The molecule has 21 heavy (non-hydrogen) atoms. The fourth-order valence-corrected chi connectivity index (χ4v) is 3.01. The summed E-state index contributed by atoms with van der Waals surface area (Å²) in [7, 11) is 0. The molecule has 0 amide bonds. The summed E-state index contributed by atoms with van der Waals surface area (Å²) in [5, 5.41) is 0. The van der Waals surface area contributed by atoms with Crippen molar-refractivity contribution < 1.29 is 0 Å². The molecule has 112 valence electrons. The normalized spacial score (nSPS) is 17.0. The van der Waals surface area contributed by atoms with Crippen LogP contribution in [0, 0.1) is 0 Å². The van der Waals surface area contributed by atoms with Gasteiger partial charge < -0.3 is 10.3 Å². The Kier molecular flexibility index (Phi) is 3.31. The number of hydrogen-bond acceptors (Lipinski definition) is 2. The predicted octanol–water partition coefficient (Wildman–Crippen LogP) is 4.25. The Bertz CT molecular complexity index is 630. The summed E-state index contributed by atoms with van der Waals surface area (Å²) in [5.74, 6) is 2.84. The lowest BCUT2D eigenvalue weighted by atomic mass is 9.97. The molecule has 1 atom stereocenters. The van der Waals surface area contributed by atoms with Crippen LogP contribution in [0.1, 0.15) is 69.5 Å². The minimum absolute atomic E-state index is 0.0241. The lowest BCUT2D eigenvalue weighted by molar-refractivity contribution is 0.388. The zero-order valence-corrected chi connectivity index (χ0v) is 13.4. The monoisotopic (exact) mass is 283 g/mol. The lowest BCUT2D eigenvalue weighted by Crippen LogP contribution is -2.25. The number of benzene rings is 1. The molecule has 1 aromatic carbocycles. The molecule has 0 radical (unpaired) electrons. The minimum atomic E-state index is -0.0241. The summed E-state index contributed by atoms with van der Waals surface area (Å²) in [4.78, 5) is 4.95. The molecule has 0 spiro atoms. The van der Waals surface area contributed by atoms with Gasteiger partial charge in [-0.05, 0) is 39.2 Å². The molecule has 1 aromatic heterocycles. The molecule has 3 rings (SSSR count). The zero-order chi connectivity index (χ0) is 15.2. The van der Waals surface area contributed by atoms with E-state index in [2.05, 4.69) is 56.5 Å². The molecule has 2 aromatic rings. The van der Waals surface area contributed by atoms with Gasteiger partial charge in [-0.15, -0.1) is 0 Å². The van der Waals surface area contributed by atoms with Crippen molar-refractivity contribution in [2.24, 2.45) is 0 Å². The summed E-state index contributed by atoms with van der Waals surface area (Å²) in [6.07, 6.45) is 2.48. The highest BCUT2D eigenvalue weighted by Crippen LogP contribution is 2.44. The Morgan fingerprint density at radius 3 is 2.33 bits per heavy atom. The number of aromatic nitrogens is 2. The van der Waals surface area contributed by atoms with Gasteiger partial charge in [-0.2, -0.15) is 0 Å². The Labute approximate surface area is 127 Å². The topological polar surface area (TPSA) is 43.8 Å². The van der Waals surface area contributed by atoms with Crippen molar-refractivity contribution in [3.63, 3.8) is 0 Å². The summed E-state index contributed by atoms with van der Waals surface area (Å²) in [6.45, 7) is 8.80. The summed E-state index contributed by atoms with van der Waals surface area (Å²) in [5.41, 5.74) is 8.76. The van der Waals surface area contributed by atoms with Crippen LogP contribution in [-0.2, 0) is 5.54 Å².